The number of rotatable bonds is 7. The number of amides is 1. The Morgan fingerprint density at radius 2 is 2.16 bits per heavy atom. The molecule has 130 valence electrons. The molecule has 25 heavy (non-hydrogen) atoms. The van der Waals surface area contributed by atoms with Crippen LogP contribution in [0.1, 0.15) is 28.0 Å². The molecule has 0 spiro atoms. The van der Waals surface area contributed by atoms with Crippen molar-refractivity contribution in [3.8, 4) is 5.75 Å². The maximum atomic E-state index is 12.3. The summed E-state index contributed by atoms with van der Waals surface area (Å²) in [6.45, 7) is 4.98. The summed E-state index contributed by atoms with van der Waals surface area (Å²) in [5.41, 5.74) is 1.51. The van der Waals surface area contributed by atoms with Gasteiger partial charge in [-0.2, -0.15) is 5.10 Å². The van der Waals surface area contributed by atoms with Gasteiger partial charge in [-0.1, -0.05) is 0 Å². The monoisotopic (exact) mass is 356 g/mol. The predicted octanol–water partition coefficient (Wildman–Crippen LogP) is 3.05. The highest BCUT2D eigenvalue weighted by molar-refractivity contribution is 7.09. The summed E-state index contributed by atoms with van der Waals surface area (Å²) < 4.78 is 7.49. The highest BCUT2D eigenvalue weighted by Gasteiger charge is 2.10. The molecule has 0 unspecified atom stereocenters. The van der Waals surface area contributed by atoms with Crippen LogP contribution in [-0.4, -0.2) is 26.7 Å². The molecule has 2 heterocycles. The summed E-state index contributed by atoms with van der Waals surface area (Å²) in [6, 6.07) is 8.96. The lowest BCUT2D eigenvalue weighted by molar-refractivity contribution is 0.0936. The van der Waals surface area contributed by atoms with Crippen LogP contribution in [0.5, 0.6) is 5.75 Å². The molecule has 1 N–H and O–H groups in total. The van der Waals surface area contributed by atoms with E-state index in [4.69, 9.17) is 4.74 Å². The molecule has 0 saturated carbocycles. The second kappa shape index (κ2) is 7.94. The number of nitrogens with zero attached hydrogens (tertiary/aromatic N) is 3. The molecule has 3 aromatic rings. The zero-order chi connectivity index (χ0) is 17.6. The first-order valence-electron chi connectivity index (χ1n) is 8.02. The molecule has 0 radical (unpaired) electrons. The Morgan fingerprint density at radius 1 is 1.36 bits per heavy atom. The van der Waals surface area contributed by atoms with E-state index in [0.717, 1.165) is 10.7 Å². The Balaban J connectivity index is 1.51. The molecule has 1 atom stereocenters. The molecule has 0 fully saturated rings. The first-order chi connectivity index (χ1) is 12.1. The molecule has 0 bridgehead atoms. The van der Waals surface area contributed by atoms with Gasteiger partial charge in [0.1, 0.15) is 12.4 Å². The van der Waals surface area contributed by atoms with Crippen LogP contribution in [0, 0.1) is 6.92 Å². The highest BCUT2D eigenvalue weighted by atomic mass is 32.1. The van der Waals surface area contributed by atoms with Gasteiger partial charge in [0.2, 0.25) is 0 Å². The molecule has 0 aliphatic heterocycles. The molecule has 1 amide bonds. The average molecular weight is 356 g/mol. The third-order valence-corrected chi connectivity index (χ3v) is 4.39. The third kappa shape index (κ3) is 4.90. The number of ether oxygens (including phenoxy) is 1. The van der Waals surface area contributed by atoms with Gasteiger partial charge in [0.15, 0.2) is 0 Å². The topological polar surface area (TPSA) is 69.0 Å². The second-order valence-corrected chi connectivity index (χ2v) is 6.84. The summed E-state index contributed by atoms with van der Waals surface area (Å²) in [4.78, 5) is 16.6. The van der Waals surface area contributed by atoms with Crippen molar-refractivity contribution in [2.75, 3.05) is 0 Å². The average Bonchev–Trinajstić information content (AvgIpc) is 3.25. The van der Waals surface area contributed by atoms with Gasteiger partial charge in [-0.3, -0.25) is 9.48 Å². The second-order valence-electron chi connectivity index (χ2n) is 5.77. The molecule has 2 aromatic heterocycles. The number of benzene rings is 1. The smallest absolute Gasteiger partial charge is 0.251 e. The van der Waals surface area contributed by atoms with Crippen molar-refractivity contribution < 1.29 is 9.53 Å². The Hall–Kier alpha value is -2.67. The molecule has 0 aliphatic rings. The van der Waals surface area contributed by atoms with E-state index in [2.05, 4.69) is 15.4 Å². The molecular weight excluding hydrogens is 336 g/mol. The molecule has 6 nitrogen and oxygen atoms in total. The minimum atomic E-state index is -0.110. The van der Waals surface area contributed by atoms with E-state index in [-0.39, 0.29) is 11.9 Å². The molecular formula is C18H20N4O2S. The van der Waals surface area contributed by atoms with E-state index in [0.29, 0.717) is 24.5 Å². The van der Waals surface area contributed by atoms with Crippen LogP contribution in [0.2, 0.25) is 0 Å². The minimum Gasteiger partial charge on any atom is -0.487 e. The van der Waals surface area contributed by atoms with E-state index in [1.54, 1.807) is 46.5 Å². The molecule has 7 heteroatoms. The summed E-state index contributed by atoms with van der Waals surface area (Å²) in [6.07, 6.45) is 3.60. The van der Waals surface area contributed by atoms with Gasteiger partial charge < -0.3 is 10.1 Å². The lowest BCUT2D eigenvalue weighted by Crippen LogP contribution is -2.35. The largest absolute Gasteiger partial charge is 0.487 e. The van der Waals surface area contributed by atoms with E-state index in [1.165, 1.54) is 0 Å². The van der Waals surface area contributed by atoms with Crippen molar-refractivity contribution in [3.63, 3.8) is 0 Å². The Labute approximate surface area is 150 Å². The number of thiazole rings is 1. The zero-order valence-corrected chi connectivity index (χ0v) is 15.0. The normalized spacial score (nSPS) is 11.9. The van der Waals surface area contributed by atoms with E-state index < -0.39 is 0 Å². The Bertz CT molecular complexity index is 812. The molecule has 3 rings (SSSR count). The van der Waals surface area contributed by atoms with Crippen molar-refractivity contribution in [1.29, 1.82) is 0 Å². The summed E-state index contributed by atoms with van der Waals surface area (Å²) >= 11 is 1.60. The number of aryl methyl sites for hydroxylation is 1. The fourth-order valence-corrected chi connectivity index (χ4v) is 2.97. The van der Waals surface area contributed by atoms with E-state index >= 15 is 0 Å². The summed E-state index contributed by atoms with van der Waals surface area (Å²) in [5, 5.41) is 10.1. The van der Waals surface area contributed by atoms with E-state index in [9.17, 15) is 4.79 Å². The molecule has 1 aromatic carbocycles. The SMILES string of the molecule is Cc1nc(COc2ccc(C(=O)N[C@@H](C)Cn3cccn3)cc2)cs1. The molecule has 0 saturated heterocycles. The van der Waals surface area contributed by atoms with E-state index in [1.807, 2.05) is 31.5 Å². The van der Waals surface area contributed by atoms with Crippen LogP contribution in [0.3, 0.4) is 0 Å². The van der Waals surface area contributed by atoms with Gasteiger partial charge in [-0.05, 0) is 44.2 Å². The van der Waals surface area contributed by atoms with Crippen molar-refractivity contribution in [2.45, 2.75) is 33.0 Å². The number of hydrogen-bond donors (Lipinski definition) is 1. The van der Waals surface area contributed by atoms with Gasteiger partial charge in [0.25, 0.3) is 5.91 Å². The maximum Gasteiger partial charge on any atom is 0.251 e. The van der Waals surface area contributed by atoms with Crippen molar-refractivity contribution in [3.05, 3.63) is 64.4 Å². The predicted molar refractivity (Wildman–Crippen MR) is 96.8 cm³/mol. The van der Waals surface area contributed by atoms with Gasteiger partial charge in [-0.15, -0.1) is 11.3 Å². The van der Waals surface area contributed by atoms with Crippen molar-refractivity contribution >= 4 is 17.2 Å². The van der Waals surface area contributed by atoms with Crippen LogP contribution in [-0.2, 0) is 13.2 Å². The van der Waals surface area contributed by atoms with Gasteiger partial charge in [0, 0.05) is 29.4 Å². The maximum absolute atomic E-state index is 12.3. The highest BCUT2D eigenvalue weighted by Crippen LogP contribution is 2.15. The van der Waals surface area contributed by atoms with Gasteiger partial charge in [-0.25, -0.2) is 4.98 Å². The van der Waals surface area contributed by atoms with Crippen LogP contribution >= 0.6 is 11.3 Å². The third-order valence-electron chi connectivity index (χ3n) is 3.57. The summed E-state index contributed by atoms with van der Waals surface area (Å²) in [5.74, 6) is 0.605. The minimum absolute atomic E-state index is 0.0174. The van der Waals surface area contributed by atoms with Crippen LogP contribution in [0.25, 0.3) is 0 Å². The first kappa shape index (κ1) is 17.2. The standard InChI is InChI=1S/C18H20N4O2S/c1-13(10-22-9-3-8-19-22)20-18(23)15-4-6-17(7-5-15)24-11-16-12-25-14(2)21-16/h3-9,12-13H,10-11H2,1-2H3,(H,20,23)/t13-/m0/s1. The Kier molecular flexibility index (Phi) is 5.45. The lowest BCUT2D eigenvalue weighted by atomic mass is 10.2. The number of hydrogen-bond acceptors (Lipinski definition) is 5. The molecule has 0 aliphatic carbocycles. The lowest BCUT2D eigenvalue weighted by Gasteiger charge is -2.14. The van der Waals surface area contributed by atoms with Crippen LogP contribution < -0.4 is 10.1 Å². The zero-order valence-electron chi connectivity index (χ0n) is 14.2. The summed E-state index contributed by atoms with van der Waals surface area (Å²) in [7, 11) is 0. The van der Waals surface area contributed by atoms with Gasteiger partial charge >= 0.3 is 0 Å². The number of aromatic nitrogens is 3. The van der Waals surface area contributed by atoms with Crippen molar-refractivity contribution in [2.24, 2.45) is 0 Å². The fraction of sp³-hybridized carbons (Fsp3) is 0.278. The number of carbonyl (C=O) groups is 1. The van der Waals surface area contributed by atoms with Gasteiger partial charge in [0.05, 0.1) is 17.2 Å². The van der Waals surface area contributed by atoms with Crippen molar-refractivity contribution in [1.82, 2.24) is 20.1 Å². The van der Waals surface area contributed by atoms with Crippen LogP contribution in [0.15, 0.2) is 48.1 Å². The fourth-order valence-electron chi connectivity index (χ4n) is 2.38. The Morgan fingerprint density at radius 3 is 2.80 bits per heavy atom. The number of nitrogens with one attached hydrogen (secondary N) is 1. The quantitative estimate of drug-likeness (QED) is 0.706. The first-order valence-corrected chi connectivity index (χ1v) is 8.90. The number of carbonyl (C=O) groups excluding carboxylic acids is 1. The van der Waals surface area contributed by atoms with Crippen LogP contribution in [0.4, 0.5) is 0 Å².